The number of sulfonamides is 1. The van der Waals surface area contributed by atoms with Gasteiger partial charge in [-0.05, 0) is 37.8 Å². The number of hydrogen-bond acceptors (Lipinski definition) is 3. The third-order valence-corrected chi connectivity index (χ3v) is 5.47. The molecule has 4 nitrogen and oxygen atoms in total. The highest BCUT2D eigenvalue weighted by atomic mass is 35.5. The standard InChI is InChI=1S/C13H19ClN2O2S/c1-10(11-5-3-2-4-6-11)16-19(17,18)12-7-8-15-13(14)9-12/h7-11,16H,2-6H2,1H3. The van der Waals surface area contributed by atoms with Gasteiger partial charge >= 0.3 is 0 Å². The maximum atomic E-state index is 12.2. The molecule has 1 N–H and O–H groups in total. The fourth-order valence-corrected chi connectivity index (χ4v) is 4.16. The molecule has 0 spiro atoms. The SMILES string of the molecule is CC(NS(=O)(=O)c1ccnc(Cl)c1)C1CCCCC1. The molecule has 1 heterocycles. The second-order valence-corrected chi connectivity index (χ2v) is 7.22. The van der Waals surface area contributed by atoms with Crippen molar-refractivity contribution in [3.63, 3.8) is 0 Å². The van der Waals surface area contributed by atoms with Crippen molar-refractivity contribution in [2.24, 2.45) is 5.92 Å². The van der Waals surface area contributed by atoms with Gasteiger partial charge in [-0.1, -0.05) is 30.9 Å². The molecule has 1 aromatic heterocycles. The van der Waals surface area contributed by atoms with Gasteiger partial charge in [0.15, 0.2) is 0 Å². The molecule has 0 bridgehead atoms. The van der Waals surface area contributed by atoms with Gasteiger partial charge in [-0.25, -0.2) is 18.1 Å². The van der Waals surface area contributed by atoms with Gasteiger partial charge in [0.2, 0.25) is 10.0 Å². The molecule has 1 fully saturated rings. The smallest absolute Gasteiger partial charge is 0.240 e. The molecule has 6 heteroatoms. The van der Waals surface area contributed by atoms with Crippen LogP contribution in [0, 0.1) is 5.92 Å². The Bertz CT molecular complexity index is 527. The van der Waals surface area contributed by atoms with E-state index >= 15 is 0 Å². The minimum atomic E-state index is -3.51. The van der Waals surface area contributed by atoms with Crippen LogP contribution in [0.2, 0.25) is 5.15 Å². The minimum absolute atomic E-state index is 0.0442. The van der Waals surface area contributed by atoms with Crippen molar-refractivity contribution in [2.75, 3.05) is 0 Å². The fraction of sp³-hybridized carbons (Fsp3) is 0.615. The number of pyridine rings is 1. The van der Waals surface area contributed by atoms with E-state index in [-0.39, 0.29) is 16.1 Å². The lowest BCUT2D eigenvalue weighted by Crippen LogP contribution is -2.38. The molecule has 0 amide bonds. The Morgan fingerprint density at radius 3 is 2.68 bits per heavy atom. The number of halogens is 1. The van der Waals surface area contributed by atoms with Crippen LogP contribution in [0.3, 0.4) is 0 Å². The van der Waals surface area contributed by atoms with Crippen molar-refractivity contribution in [3.8, 4) is 0 Å². The summed E-state index contributed by atoms with van der Waals surface area (Å²) in [5.41, 5.74) is 0. The molecule has 1 saturated carbocycles. The third-order valence-electron chi connectivity index (χ3n) is 3.71. The van der Waals surface area contributed by atoms with E-state index in [2.05, 4.69) is 9.71 Å². The third kappa shape index (κ3) is 3.91. The summed E-state index contributed by atoms with van der Waals surface area (Å²) in [5.74, 6) is 0.431. The van der Waals surface area contributed by atoms with Crippen molar-refractivity contribution < 1.29 is 8.42 Å². The van der Waals surface area contributed by atoms with Crippen LogP contribution >= 0.6 is 11.6 Å². The number of hydrogen-bond donors (Lipinski definition) is 1. The number of nitrogens with zero attached hydrogens (tertiary/aromatic N) is 1. The van der Waals surface area contributed by atoms with Gasteiger partial charge in [-0.2, -0.15) is 0 Å². The normalized spacial score (nSPS) is 19.3. The Labute approximate surface area is 119 Å². The van der Waals surface area contributed by atoms with Crippen molar-refractivity contribution in [3.05, 3.63) is 23.5 Å². The molecule has 0 saturated heterocycles. The maximum Gasteiger partial charge on any atom is 0.240 e. The van der Waals surface area contributed by atoms with Gasteiger partial charge in [0.05, 0.1) is 4.90 Å². The first-order chi connectivity index (χ1) is 8.99. The maximum absolute atomic E-state index is 12.2. The van der Waals surface area contributed by atoms with E-state index in [0.29, 0.717) is 5.92 Å². The molecule has 1 unspecified atom stereocenters. The Morgan fingerprint density at radius 2 is 2.05 bits per heavy atom. The number of rotatable bonds is 4. The topological polar surface area (TPSA) is 59.1 Å². The van der Waals surface area contributed by atoms with Crippen LogP contribution in [-0.2, 0) is 10.0 Å². The van der Waals surface area contributed by atoms with Crippen LogP contribution < -0.4 is 4.72 Å². The second kappa shape index (κ2) is 6.20. The lowest BCUT2D eigenvalue weighted by atomic mass is 9.85. The van der Waals surface area contributed by atoms with E-state index in [1.165, 1.54) is 37.6 Å². The first-order valence-electron chi connectivity index (χ1n) is 6.63. The average molecular weight is 303 g/mol. The Morgan fingerprint density at radius 1 is 1.37 bits per heavy atom. The van der Waals surface area contributed by atoms with Gasteiger partial charge in [-0.3, -0.25) is 0 Å². The first-order valence-corrected chi connectivity index (χ1v) is 8.49. The summed E-state index contributed by atoms with van der Waals surface area (Å²) < 4.78 is 27.2. The summed E-state index contributed by atoms with van der Waals surface area (Å²) in [6.45, 7) is 1.94. The van der Waals surface area contributed by atoms with Crippen LogP contribution in [0.15, 0.2) is 23.2 Å². The zero-order valence-electron chi connectivity index (χ0n) is 11.0. The summed E-state index contributed by atoms with van der Waals surface area (Å²) in [5, 5.41) is 0.188. The van der Waals surface area contributed by atoms with Crippen LogP contribution in [0.4, 0.5) is 0 Å². The van der Waals surface area contributed by atoms with Gasteiger partial charge in [-0.15, -0.1) is 0 Å². The van der Waals surface area contributed by atoms with E-state index in [1.54, 1.807) is 0 Å². The van der Waals surface area contributed by atoms with E-state index in [4.69, 9.17) is 11.6 Å². The van der Waals surface area contributed by atoms with Crippen LogP contribution in [0.25, 0.3) is 0 Å². The minimum Gasteiger partial charge on any atom is -0.244 e. The zero-order chi connectivity index (χ0) is 13.9. The molecule has 1 aliphatic carbocycles. The highest BCUT2D eigenvalue weighted by molar-refractivity contribution is 7.89. The molecule has 106 valence electrons. The second-order valence-electron chi connectivity index (χ2n) is 5.12. The van der Waals surface area contributed by atoms with E-state index in [9.17, 15) is 8.42 Å². The van der Waals surface area contributed by atoms with Crippen molar-refractivity contribution in [1.82, 2.24) is 9.71 Å². The Kier molecular flexibility index (Phi) is 4.81. The highest BCUT2D eigenvalue weighted by Crippen LogP contribution is 2.27. The van der Waals surface area contributed by atoms with Crippen LogP contribution in [0.1, 0.15) is 39.0 Å². The lowest BCUT2D eigenvalue weighted by molar-refractivity contribution is 0.303. The summed E-state index contributed by atoms with van der Waals surface area (Å²) >= 11 is 5.73. The zero-order valence-corrected chi connectivity index (χ0v) is 12.5. The van der Waals surface area contributed by atoms with Crippen LogP contribution in [0.5, 0.6) is 0 Å². The lowest BCUT2D eigenvalue weighted by Gasteiger charge is -2.28. The van der Waals surface area contributed by atoms with E-state index in [1.807, 2.05) is 6.92 Å². The monoisotopic (exact) mass is 302 g/mol. The van der Waals surface area contributed by atoms with E-state index < -0.39 is 10.0 Å². The summed E-state index contributed by atoms with van der Waals surface area (Å²) in [7, 11) is -3.51. The average Bonchev–Trinajstić information content (AvgIpc) is 2.39. The van der Waals surface area contributed by atoms with Crippen molar-refractivity contribution >= 4 is 21.6 Å². The Balaban J connectivity index is 2.08. The summed E-state index contributed by atoms with van der Waals surface area (Å²) in [4.78, 5) is 3.97. The molecule has 0 aromatic carbocycles. The van der Waals surface area contributed by atoms with Gasteiger partial charge in [0.1, 0.15) is 5.15 Å². The van der Waals surface area contributed by atoms with Gasteiger partial charge in [0.25, 0.3) is 0 Å². The highest BCUT2D eigenvalue weighted by Gasteiger charge is 2.25. The number of nitrogens with one attached hydrogen (secondary N) is 1. The molecular weight excluding hydrogens is 284 g/mol. The van der Waals surface area contributed by atoms with Crippen LogP contribution in [-0.4, -0.2) is 19.4 Å². The summed E-state index contributed by atoms with van der Waals surface area (Å²) in [6.07, 6.45) is 7.25. The summed E-state index contributed by atoms with van der Waals surface area (Å²) in [6, 6.07) is 2.79. The van der Waals surface area contributed by atoms with Gasteiger partial charge < -0.3 is 0 Å². The molecular formula is C13H19ClN2O2S. The molecule has 0 aliphatic heterocycles. The molecule has 1 aliphatic rings. The van der Waals surface area contributed by atoms with Crippen molar-refractivity contribution in [2.45, 2.75) is 50.0 Å². The molecule has 1 atom stereocenters. The molecule has 0 radical (unpaired) electrons. The van der Waals surface area contributed by atoms with Crippen molar-refractivity contribution in [1.29, 1.82) is 0 Å². The fourth-order valence-electron chi connectivity index (χ4n) is 2.60. The van der Waals surface area contributed by atoms with Gasteiger partial charge in [0, 0.05) is 12.2 Å². The molecule has 1 aromatic rings. The predicted octanol–water partition coefficient (Wildman–Crippen LogP) is 2.98. The Hall–Kier alpha value is -0.650. The predicted molar refractivity (Wildman–Crippen MR) is 75.6 cm³/mol. The molecule has 19 heavy (non-hydrogen) atoms. The van der Waals surface area contributed by atoms with E-state index in [0.717, 1.165) is 12.8 Å². The number of aromatic nitrogens is 1. The largest absolute Gasteiger partial charge is 0.244 e. The first kappa shape index (κ1) is 14.8. The molecule has 2 rings (SSSR count). The quantitative estimate of drug-likeness (QED) is 0.870.